The van der Waals surface area contributed by atoms with Crippen LogP contribution in [0.1, 0.15) is 19.8 Å². The summed E-state index contributed by atoms with van der Waals surface area (Å²) in [6.07, 6.45) is 3.58. The molecule has 6 nitrogen and oxygen atoms in total. The lowest BCUT2D eigenvalue weighted by Gasteiger charge is -2.33. The molecule has 8 heteroatoms. The van der Waals surface area contributed by atoms with Crippen LogP contribution in [0.3, 0.4) is 0 Å². The van der Waals surface area contributed by atoms with E-state index < -0.39 is 0 Å². The van der Waals surface area contributed by atoms with Gasteiger partial charge in [0.15, 0.2) is 0 Å². The summed E-state index contributed by atoms with van der Waals surface area (Å²) in [6, 6.07) is 2.06. The molecule has 1 fully saturated rings. The number of hydrogen-bond donors (Lipinski definition) is 2. The van der Waals surface area contributed by atoms with E-state index in [9.17, 15) is 4.79 Å². The Hall–Kier alpha value is -1.44. The van der Waals surface area contributed by atoms with E-state index in [0.717, 1.165) is 55.1 Å². The molecule has 0 aliphatic carbocycles. The minimum atomic E-state index is 0. The number of aromatic nitrogens is 2. The Bertz CT molecular complexity index is 665. The van der Waals surface area contributed by atoms with E-state index in [1.165, 1.54) is 0 Å². The van der Waals surface area contributed by atoms with Gasteiger partial charge in [-0.2, -0.15) is 0 Å². The SMILES string of the molecule is CCNCCNC(=O)C1CCCN(c2ncnc3sccc23)C1.Cl. The molecule has 2 aromatic rings. The van der Waals surface area contributed by atoms with E-state index in [-0.39, 0.29) is 24.2 Å². The zero-order valence-electron chi connectivity index (χ0n) is 13.8. The maximum Gasteiger partial charge on any atom is 0.224 e. The lowest BCUT2D eigenvalue weighted by molar-refractivity contribution is -0.125. The highest BCUT2D eigenvalue weighted by atomic mass is 35.5. The van der Waals surface area contributed by atoms with E-state index in [4.69, 9.17) is 0 Å². The summed E-state index contributed by atoms with van der Waals surface area (Å²) < 4.78 is 0. The summed E-state index contributed by atoms with van der Waals surface area (Å²) in [4.78, 5) is 24.4. The molecule has 3 rings (SSSR count). The van der Waals surface area contributed by atoms with Crippen LogP contribution in [0.4, 0.5) is 5.82 Å². The van der Waals surface area contributed by atoms with Crippen molar-refractivity contribution in [1.29, 1.82) is 0 Å². The largest absolute Gasteiger partial charge is 0.355 e. The number of amides is 1. The number of anilines is 1. The Morgan fingerprint density at radius 2 is 2.29 bits per heavy atom. The molecule has 1 aliphatic heterocycles. The van der Waals surface area contributed by atoms with Gasteiger partial charge in [-0.05, 0) is 30.8 Å². The Morgan fingerprint density at radius 3 is 3.12 bits per heavy atom. The molecule has 1 unspecified atom stereocenters. The fourth-order valence-corrected chi connectivity index (χ4v) is 3.74. The summed E-state index contributed by atoms with van der Waals surface area (Å²) in [5.74, 6) is 1.15. The number of rotatable bonds is 6. The molecule has 1 aliphatic rings. The summed E-state index contributed by atoms with van der Waals surface area (Å²) in [5.41, 5.74) is 0. The molecule has 132 valence electrons. The fourth-order valence-electron chi connectivity index (χ4n) is 3.01. The predicted molar refractivity (Wildman–Crippen MR) is 101 cm³/mol. The lowest BCUT2D eigenvalue weighted by atomic mass is 9.97. The first-order chi connectivity index (χ1) is 11.3. The number of carbonyl (C=O) groups excluding carboxylic acids is 1. The number of halogens is 1. The van der Waals surface area contributed by atoms with Crippen molar-refractivity contribution >= 4 is 45.7 Å². The third kappa shape index (κ3) is 4.34. The smallest absolute Gasteiger partial charge is 0.224 e. The molecule has 24 heavy (non-hydrogen) atoms. The number of hydrogen-bond acceptors (Lipinski definition) is 6. The molecule has 1 atom stereocenters. The minimum absolute atomic E-state index is 0. The second-order valence-corrected chi connectivity index (χ2v) is 6.66. The highest BCUT2D eigenvalue weighted by Crippen LogP contribution is 2.29. The topological polar surface area (TPSA) is 70.2 Å². The van der Waals surface area contributed by atoms with Gasteiger partial charge < -0.3 is 15.5 Å². The molecular formula is C16H24ClN5OS. The van der Waals surface area contributed by atoms with E-state index in [1.54, 1.807) is 17.7 Å². The number of piperidine rings is 1. The van der Waals surface area contributed by atoms with E-state index in [1.807, 2.05) is 5.38 Å². The standard InChI is InChI=1S/C16H23N5OS.ClH/c1-2-17-6-7-18-15(22)12-4-3-8-21(10-12)14-13-5-9-23-16(13)20-11-19-14;/h5,9,11-12,17H,2-4,6-8,10H2,1H3,(H,18,22);1H. The van der Waals surface area contributed by atoms with Gasteiger partial charge >= 0.3 is 0 Å². The molecule has 2 N–H and O–H groups in total. The van der Waals surface area contributed by atoms with Gasteiger partial charge in [0.1, 0.15) is 17.0 Å². The molecular weight excluding hydrogens is 346 g/mol. The van der Waals surface area contributed by atoms with Gasteiger partial charge in [-0.3, -0.25) is 4.79 Å². The molecule has 0 radical (unpaired) electrons. The molecule has 3 heterocycles. The van der Waals surface area contributed by atoms with Gasteiger partial charge in [-0.25, -0.2) is 9.97 Å². The second kappa shape index (κ2) is 9.15. The first kappa shape index (κ1) is 18.9. The highest BCUT2D eigenvalue weighted by molar-refractivity contribution is 7.16. The average molecular weight is 370 g/mol. The van der Waals surface area contributed by atoms with Crippen molar-refractivity contribution in [2.24, 2.45) is 5.92 Å². The van der Waals surface area contributed by atoms with Crippen molar-refractivity contribution < 1.29 is 4.79 Å². The van der Waals surface area contributed by atoms with Crippen LogP contribution in [-0.4, -0.2) is 48.6 Å². The van der Waals surface area contributed by atoms with Crippen LogP contribution in [0, 0.1) is 5.92 Å². The Kier molecular flexibility index (Phi) is 7.20. The summed E-state index contributed by atoms with van der Waals surface area (Å²) in [7, 11) is 0. The van der Waals surface area contributed by atoms with Gasteiger partial charge in [0.2, 0.25) is 5.91 Å². The summed E-state index contributed by atoms with van der Waals surface area (Å²) in [6.45, 7) is 6.18. The fraction of sp³-hybridized carbons (Fsp3) is 0.562. The van der Waals surface area contributed by atoms with Crippen molar-refractivity contribution in [2.75, 3.05) is 37.6 Å². The first-order valence-corrected chi connectivity index (χ1v) is 9.09. The van der Waals surface area contributed by atoms with E-state index in [0.29, 0.717) is 6.54 Å². The molecule has 1 saturated heterocycles. The van der Waals surface area contributed by atoms with Crippen molar-refractivity contribution in [3.8, 4) is 0 Å². The number of carbonyl (C=O) groups is 1. The number of likely N-dealkylation sites (N-methyl/N-ethyl adjacent to an activating group) is 1. The van der Waals surface area contributed by atoms with Gasteiger partial charge in [0, 0.05) is 26.2 Å². The molecule has 1 amide bonds. The van der Waals surface area contributed by atoms with Gasteiger partial charge in [0.25, 0.3) is 0 Å². The van der Waals surface area contributed by atoms with Crippen LogP contribution in [0.2, 0.25) is 0 Å². The summed E-state index contributed by atoms with van der Waals surface area (Å²) in [5, 5.41) is 9.38. The quantitative estimate of drug-likeness (QED) is 0.763. The Balaban J connectivity index is 0.00000208. The molecule has 2 aromatic heterocycles. The molecule has 0 spiro atoms. The lowest BCUT2D eigenvalue weighted by Crippen LogP contribution is -2.44. The van der Waals surface area contributed by atoms with Crippen molar-refractivity contribution in [3.05, 3.63) is 17.8 Å². The minimum Gasteiger partial charge on any atom is -0.355 e. The molecule has 0 aromatic carbocycles. The third-order valence-electron chi connectivity index (χ3n) is 4.18. The third-order valence-corrected chi connectivity index (χ3v) is 5.00. The van der Waals surface area contributed by atoms with Crippen molar-refractivity contribution in [2.45, 2.75) is 19.8 Å². The van der Waals surface area contributed by atoms with E-state index >= 15 is 0 Å². The highest BCUT2D eigenvalue weighted by Gasteiger charge is 2.27. The van der Waals surface area contributed by atoms with Gasteiger partial charge in [0.05, 0.1) is 11.3 Å². The van der Waals surface area contributed by atoms with Crippen molar-refractivity contribution in [1.82, 2.24) is 20.6 Å². The number of nitrogens with zero attached hydrogens (tertiary/aromatic N) is 3. The molecule has 0 saturated carbocycles. The van der Waals surface area contributed by atoms with Crippen LogP contribution in [0.5, 0.6) is 0 Å². The molecule has 0 bridgehead atoms. The second-order valence-electron chi connectivity index (χ2n) is 5.77. The van der Waals surface area contributed by atoms with E-state index in [2.05, 4.69) is 38.5 Å². The van der Waals surface area contributed by atoms with Crippen LogP contribution in [-0.2, 0) is 4.79 Å². The predicted octanol–water partition coefficient (Wildman–Crippen LogP) is 2.06. The Labute approximate surface area is 152 Å². The monoisotopic (exact) mass is 369 g/mol. The number of fused-ring (bicyclic) bond motifs is 1. The Morgan fingerprint density at radius 1 is 1.42 bits per heavy atom. The van der Waals surface area contributed by atoms with Gasteiger partial charge in [-0.1, -0.05) is 6.92 Å². The van der Waals surface area contributed by atoms with Crippen LogP contribution < -0.4 is 15.5 Å². The zero-order valence-corrected chi connectivity index (χ0v) is 15.5. The first-order valence-electron chi connectivity index (χ1n) is 8.21. The van der Waals surface area contributed by atoms with Crippen LogP contribution >= 0.6 is 23.7 Å². The van der Waals surface area contributed by atoms with Crippen LogP contribution in [0.15, 0.2) is 17.8 Å². The maximum atomic E-state index is 12.4. The average Bonchev–Trinajstić information content (AvgIpc) is 3.07. The normalized spacial score (nSPS) is 17.5. The van der Waals surface area contributed by atoms with Crippen molar-refractivity contribution in [3.63, 3.8) is 0 Å². The number of nitrogens with one attached hydrogen (secondary N) is 2. The number of thiophene rings is 1. The maximum absolute atomic E-state index is 12.4. The van der Waals surface area contributed by atoms with Gasteiger partial charge in [-0.15, -0.1) is 23.7 Å². The van der Waals surface area contributed by atoms with Crippen LogP contribution in [0.25, 0.3) is 10.2 Å². The zero-order chi connectivity index (χ0) is 16.1. The summed E-state index contributed by atoms with van der Waals surface area (Å²) >= 11 is 1.62.